The Kier molecular flexibility index (Phi) is 8.37. The molecule has 1 aliphatic rings. The first-order valence-corrected chi connectivity index (χ1v) is 12.8. The molecule has 2 atom stereocenters. The first kappa shape index (κ1) is 24.9. The van der Waals surface area contributed by atoms with Crippen LogP contribution in [-0.4, -0.2) is 57.4 Å². The van der Waals surface area contributed by atoms with Gasteiger partial charge in [-0.3, -0.25) is 14.5 Å². The molecule has 2 aromatic carbocycles. The highest BCUT2D eigenvalue weighted by molar-refractivity contribution is 7.99. The topological polar surface area (TPSA) is 87.3 Å². The molecule has 2 N–H and O–H groups in total. The number of methoxy groups -OCH3 is 1. The number of carbonyl (C=O) groups excluding carboxylic acids is 2. The SMILES string of the molecule is COC(=O)CCS[C@@H]1C[C@@H](C(=O)NCc2nc3ccccc3[nH]2)N(Cc2ccc(Cl)cc2Cl)C1. The molecule has 7 nitrogen and oxygen atoms in total. The van der Waals surface area contributed by atoms with Crippen LogP contribution in [0.15, 0.2) is 42.5 Å². The van der Waals surface area contributed by atoms with Crippen LogP contribution in [0, 0.1) is 0 Å². The van der Waals surface area contributed by atoms with Gasteiger partial charge in [-0.2, -0.15) is 11.8 Å². The summed E-state index contributed by atoms with van der Waals surface area (Å²) in [6, 6.07) is 12.9. The Morgan fingerprint density at radius 1 is 1.26 bits per heavy atom. The number of imidazole rings is 1. The molecular weight excluding hydrogens is 495 g/mol. The number of rotatable bonds is 9. The zero-order valence-corrected chi connectivity index (χ0v) is 21.1. The minimum Gasteiger partial charge on any atom is -0.469 e. The van der Waals surface area contributed by atoms with Crippen LogP contribution >= 0.6 is 35.0 Å². The predicted octanol–water partition coefficient (Wildman–Crippen LogP) is 4.43. The van der Waals surface area contributed by atoms with Crippen molar-refractivity contribution in [3.63, 3.8) is 0 Å². The lowest BCUT2D eigenvalue weighted by Gasteiger charge is -2.24. The largest absolute Gasteiger partial charge is 0.469 e. The van der Waals surface area contributed by atoms with Gasteiger partial charge in [0, 0.05) is 34.1 Å². The van der Waals surface area contributed by atoms with E-state index < -0.39 is 0 Å². The van der Waals surface area contributed by atoms with Crippen LogP contribution in [0.4, 0.5) is 0 Å². The number of esters is 1. The number of para-hydroxylation sites is 2. The third-order valence-corrected chi connectivity index (χ3v) is 7.65. The second kappa shape index (κ2) is 11.4. The minimum absolute atomic E-state index is 0.0541. The average molecular weight is 521 g/mol. The van der Waals surface area contributed by atoms with Crippen molar-refractivity contribution in [3.8, 4) is 0 Å². The van der Waals surface area contributed by atoms with Crippen molar-refractivity contribution in [1.29, 1.82) is 0 Å². The van der Waals surface area contributed by atoms with Gasteiger partial charge in [0.15, 0.2) is 0 Å². The summed E-state index contributed by atoms with van der Waals surface area (Å²) in [5.41, 5.74) is 2.73. The maximum atomic E-state index is 13.2. The second-order valence-electron chi connectivity index (χ2n) is 8.15. The summed E-state index contributed by atoms with van der Waals surface area (Å²) in [6.07, 6.45) is 1.03. The molecule has 0 bridgehead atoms. The van der Waals surface area contributed by atoms with E-state index in [0.29, 0.717) is 54.1 Å². The summed E-state index contributed by atoms with van der Waals surface area (Å²) < 4.78 is 4.73. The van der Waals surface area contributed by atoms with E-state index in [-0.39, 0.29) is 23.2 Å². The number of nitrogens with zero attached hydrogens (tertiary/aromatic N) is 2. The third-order valence-electron chi connectivity index (χ3n) is 5.81. The number of hydrogen-bond donors (Lipinski definition) is 2. The van der Waals surface area contributed by atoms with E-state index in [2.05, 4.69) is 20.2 Å². The highest BCUT2D eigenvalue weighted by atomic mass is 35.5. The highest BCUT2D eigenvalue weighted by Crippen LogP contribution is 2.31. The Morgan fingerprint density at radius 3 is 2.85 bits per heavy atom. The third kappa shape index (κ3) is 6.24. The molecule has 0 aliphatic carbocycles. The number of benzene rings is 2. The van der Waals surface area contributed by atoms with Crippen LogP contribution in [0.25, 0.3) is 11.0 Å². The van der Waals surface area contributed by atoms with Crippen molar-refractivity contribution < 1.29 is 14.3 Å². The Morgan fingerprint density at radius 2 is 2.09 bits per heavy atom. The number of hydrogen-bond acceptors (Lipinski definition) is 6. The number of nitrogens with one attached hydrogen (secondary N) is 2. The van der Waals surface area contributed by atoms with Gasteiger partial charge < -0.3 is 15.0 Å². The van der Waals surface area contributed by atoms with E-state index in [9.17, 15) is 9.59 Å². The molecule has 0 radical (unpaired) electrons. The molecule has 4 rings (SSSR count). The Labute approximate surface area is 212 Å². The number of likely N-dealkylation sites (tertiary alicyclic amines) is 1. The van der Waals surface area contributed by atoms with Crippen LogP contribution in [0.5, 0.6) is 0 Å². The summed E-state index contributed by atoms with van der Waals surface area (Å²) in [5.74, 6) is 1.08. The molecule has 0 spiro atoms. The van der Waals surface area contributed by atoms with Crippen molar-refractivity contribution in [2.45, 2.75) is 37.2 Å². The van der Waals surface area contributed by atoms with Gasteiger partial charge in [-0.15, -0.1) is 0 Å². The number of amides is 1. The molecule has 34 heavy (non-hydrogen) atoms. The zero-order valence-electron chi connectivity index (χ0n) is 18.7. The summed E-state index contributed by atoms with van der Waals surface area (Å²) in [6.45, 7) is 1.57. The second-order valence-corrected chi connectivity index (χ2v) is 10.4. The summed E-state index contributed by atoms with van der Waals surface area (Å²) in [5, 5.41) is 4.41. The van der Waals surface area contributed by atoms with Gasteiger partial charge >= 0.3 is 5.97 Å². The van der Waals surface area contributed by atoms with Gasteiger partial charge in [-0.1, -0.05) is 41.4 Å². The molecule has 2 heterocycles. The van der Waals surface area contributed by atoms with Crippen LogP contribution in [-0.2, 0) is 27.4 Å². The maximum absolute atomic E-state index is 13.2. The summed E-state index contributed by atoms with van der Waals surface area (Å²) in [4.78, 5) is 34.6. The molecule has 0 saturated carbocycles. The van der Waals surface area contributed by atoms with Gasteiger partial charge in [0.1, 0.15) is 5.82 Å². The molecule has 3 aromatic rings. The summed E-state index contributed by atoms with van der Waals surface area (Å²) in [7, 11) is 1.39. The fourth-order valence-corrected chi connectivity index (χ4v) is 5.79. The lowest BCUT2D eigenvalue weighted by atomic mass is 10.1. The lowest BCUT2D eigenvalue weighted by Crippen LogP contribution is -2.42. The van der Waals surface area contributed by atoms with Gasteiger partial charge in [0.05, 0.1) is 37.2 Å². The number of halogens is 2. The molecule has 0 unspecified atom stereocenters. The summed E-state index contributed by atoms with van der Waals surface area (Å²) >= 11 is 14.1. The molecule has 10 heteroatoms. The zero-order chi connectivity index (χ0) is 24.1. The average Bonchev–Trinajstić information content (AvgIpc) is 3.43. The van der Waals surface area contributed by atoms with Crippen LogP contribution in [0.2, 0.25) is 10.0 Å². The molecule has 1 saturated heterocycles. The molecule has 1 aliphatic heterocycles. The van der Waals surface area contributed by atoms with Gasteiger partial charge in [-0.05, 0) is 36.2 Å². The van der Waals surface area contributed by atoms with E-state index in [1.807, 2.05) is 30.3 Å². The van der Waals surface area contributed by atoms with Crippen LogP contribution in [0.3, 0.4) is 0 Å². The fourth-order valence-electron chi connectivity index (χ4n) is 4.09. The number of H-pyrrole nitrogens is 1. The quantitative estimate of drug-likeness (QED) is 0.406. The monoisotopic (exact) mass is 520 g/mol. The van der Waals surface area contributed by atoms with Crippen LogP contribution < -0.4 is 5.32 Å². The predicted molar refractivity (Wildman–Crippen MR) is 136 cm³/mol. The number of ether oxygens (including phenoxy) is 1. The molecular formula is C24H26Cl2N4O3S. The van der Waals surface area contributed by atoms with E-state index in [1.54, 1.807) is 23.9 Å². The lowest BCUT2D eigenvalue weighted by molar-refractivity contribution is -0.140. The minimum atomic E-state index is -0.313. The first-order chi connectivity index (χ1) is 16.4. The van der Waals surface area contributed by atoms with Crippen molar-refractivity contribution in [3.05, 3.63) is 63.9 Å². The van der Waals surface area contributed by atoms with Gasteiger partial charge in [0.2, 0.25) is 5.91 Å². The number of thioether (sulfide) groups is 1. The Hall–Kier alpha value is -2.26. The molecule has 1 fully saturated rings. The first-order valence-electron chi connectivity index (χ1n) is 11.0. The maximum Gasteiger partial charge on any atom is 0.306 e. The Balaban J connectivity index is 1.42. The standard InChI is InChI=1S/C24H26Cl2N4O3S/c1-33-23(31)8-9-34-17-11-21(30(14-17)13-15-6-7-16(25)10-18(15)26)24(32)27-12-22-28-19-4-2-3-5-20(19)29-22/h2-7,10,17,21H,8-9,11-14H2,1H3,(H,27,32)(H,28,29)/t17-,21+/m1/s1. The van der Waals surface area contributed by atoms with Crippen molar-refractivity contribution in [2.75, 3.05) is 19.4 Å². The van der Waals surface area contributed by atoms with E-state index >= 15 is 0 Å². The number of aromatic amines is 1. The normalized spacial score (nSPS) is 18.3. The fraction of sp³-hybridized carbons (Fsp3) is 0.375. The molecule has 1 aromatic heterocycles. The van der Waals surface area contributed by atoms with Crippen LogP contribution in [0.1, 0.15) is 24.2 Å². The van der Waals surface area contributed by atoms with Crippen molar-refractivity contribution in [2.24, 2.45) is 0 Å². The number of carbonyl (C=O) groups is 2. The number of fused-ring (bicyclic) bond motifs is 1. The van der Waals surface area contributed by atoms with Crippen molar-refractivity contribution >= 4 is 57.9 Å². The molecule has 180 valence electrons. The molecule has 1 amide bonds. The van der Waals surface area contributed by atoms with Gasteiger partial charge in [-0.25, -0.2) is 4.98 Å². The smallest absolute Gasteiger partial charge is 0.306 e. The van der Waals surface area contributed by atoms with Crippen molar-refractivity contribution in [1.82, 2.24) is 20.2 Å². The van der Waals surface area contributed by atoms with E-state index in [0.717, 1.165) is 16.6 Å². The van der Waals surface area contributed by atoms with E-state index in [4.69, 9.17) is 27.9 Å². The van der Waals surface area contributed by atoms with Gasteiger partial charge in [0.25, 0.3) is 0 Å². The van der Waals surface area contributed by atoms with E-state index in [1.165, 1.54) is 7.11 Å². The number of aromatic nitrogens is 2. The highest BCUT2D eigenvalue weighted by Gasteiger charge is 2.37. The Bertz CT molecular complexity index is 1140.